The Hall–Kier alpha value is -3.28. The third-order valence-corrected chi connectivity index (χ3v) is 5.73. The summed E-state index contributed by atoms with van der Waals surface area (Å²) >= 11 is 1.66. The van der Waals surface area contributed by atoms with Crippen molar-refractivity contribution in [2.75, 3.05) is 5.32 Å². The minimum absolute atomic E-state index is 0.0216. The zero-order valence-electron chi connectivity index (χ0n) is 16.2. The minimum atomic E-state index is -0.243. The summed E-state index contributed by atoms with van der Waals surface area (Å²) in [5.74, 6) is -0.378. The number of hydrogen-bond donors (Lipinski definition) is 2. The summed E-state index contributed by atoms with van der Waals surface area (Å²) in [6.45, 7) is 0.626. The average Bonchev–Trinajstić information content (AvgIpc) is 3.31. The van der Waals surface area contributed by atoms with Crippen molar-refractivity contribution in [2.45, 2.75) is 12.6 Å². The maximum Gasteiger partial charge on any atom is 0.255 e. The number of halogens is 1. The number of anilines is 1. The van der Waals surface area contributed by atoms with Crippen LogP contribution in [0.4, 0.5) is 10.1 Å². The van der Waals surface area contributed by atoms with Gasteiger partial charge in [-0.25, -0.2) is 4.39 Å². The van der Waals surface area contributed by atoms with Gasteiger partial charge in [0.05, 0.1) is 6.04 Å². The summed E-state index contributed by atoms with van der Waals surface area (Å²) < 4.78 is 13.3. The Bertz CT molecular complexity index is 1080. The van der Waals surface area contributed by atoms with Gasteiger partial charge in [-0.3, -0.25) is 4.79 Å². The number of carbonyl (C=O) groups is 1. The number of para-hydroxylation sites is 1. The van der Waals surface area contributed by atoms with Crippen molar-refractivity contribution in [2.24, 2.45) is 0 Å². The van der Waals surface area contributed by atoms with E-state index in [2.05, 4.69) is 16.7 Å². The lowest BCUT2D eigenvalue weighted by atomic mass is 10.0. The van der Waals surface area contributed by atoms with Crippen LogP contribution in [0.25, 0.3) is 0 Å². The molecule has 0 spiro atoms. The SMILES string of the molecule is O=C(Nc1ccccc1)c1ccc(CNC(c2ccc(F)cc2)c2cccs2)cc1. The topological polar surface area (TPSA) is 41.1 Å². The van der Waals surface area contributed by atoms with Crippen LogP contribution in [-0.2, 0) is 6.54 Å². The Labute approximate surface area is 179 Å². The molecule has 3 aromatic carbocycles. The predicted octanol–water partition coefficient (Wildman–Crippen LogP) is 6.02. The van der Waals surface area contributed by atoms with E-state index in [1.165, 1.54) is 17.0 Å². The third kappa shape index (κ3) is 5.00. The van der Waals surface area contributed by atoms with Crippen molar-refractivity contribution in [3.8, 4) is 0 Å². The molecular formula is C25H21FN2OS. The number of nitrogens with one attached hydrogen (secondary N) is 2. The fraction of sp³-hybridized carbons (Fsp3) is 0.0800. The maximum atomic E-state index is 13.3. The first-order valence-corrected chi connectivity index (χ1v) is 10.5. The lowest BCUT2D eigenvalue weighted by molar-refractivity contribution is 0.102. The molecule has 0 aliphatic carbocycles. The van der Waals surface area contributed by atoms with Crippen molar-refractivity contribution >= 4 is 22.9 Å². The fourth-order valence-electron chi connectivity index (χ4n) is 3.21. The first-order valence-electron chi connectivity index (χ1n) is 9.66. The first-order chi connectivity index (χ1) is 14.7. The molecule has 1 atom stereocenters. The lowest BCUT2D eigenvalue weighted by Crippen LogP contribution is -2.21. The van der Waals surface area contributed by atoms with Crippen LogP contribution in [0.5, 0.6) is 0 Å². The van der Waals surface area contributed by atoms with E-state index in [-0.39, 0.29) is 17.8 Å². The van der Waals surface area contributed by atoms with E-state index in [9.17, 15) is 9.18 Å². The van der Waals surface area contributed by atoms with Crippen molar-refractivity contribution in [1.82, 2.24) is 5.32 Å². The highest BCUT2D eigenvalue weighted by atomic mass is 32.1. The van der Waals surface area contributed by atoms with E-state index in [4.69, 9.17) is 0 Å². The molecule has 0 aliphatic rings. The largest absolute Gasteiger partial charge is 0.322 e. The minimum Gasteiger partial charge on any atom is -0.322 e. The second kappa shape index (κ2) is 9.48. The van der Waals surface area contributed by atoms with Gasteiger partial charge in [-0.15, -0.1) is 11.3 Å². The molecule has 0 aliphatic heterocycles. The van der Waals surface area contributed by atoms with Crippen LogP contribution in [0.1, 0.15) is 32.4 Å². The van der Waals surface area contributed by atoms with E-state index in [1.54, 1.807) is 11.3 Å². The van der Waals surface area contributed by atoms with Crippen molar-refractivity contribution in [3.05, 3.63) is 124 Å². The first kappa shape index (κ1) is 20.0. The Balaban J connectivity index is 1.43. The van der Waals surface area contributed by atoms with E-state index in [1.807, 2.05) is 78.2 Å². The van der Waals surface area contributed by atoms with Gasteiger partial charge in [-0.2, -0.15) is 0 Å². The molecule has 4 rings (SSSR count). The maximum absolute atomic E-state index is 13.3. The van der Waals surface area contributed by atoms with Gasteiger partial charge in [0.1, 0.15) is 5.82 Å². The molecule has 1 unspecified atom stereocenters. The molecule has 0 radical (unpaired) electrons. The zero-order chi connectivity index (χ0) is 20.8. The molecule has 2 N–H and O–H groups in total. The number of rotatable bonds is 7. The van der Waals surface area contributed by atoms with Gasteiger partial charge in [-0.1, -0.05) is 48.5 Å². The van der Waals surface area contributed by atoms with E-state index in [0.717, 1.165) is 16.8 Å². The fourth-order valence-corrected chi connectivity index (χ4v) is 4.04. The molecule has 1 aromatic heterocycles. The van der Waals surface area contributed by atoms with Crippen LogP contribution in [0.15, 0.2) is 96.4 Å². The van der Waals surface area contributed by atoms with E-state index in [0.29, 0.717) is 12.1 Å². The highest BCUT2D eigenvalue weighted by Gasteiger charge is 2.15. The van der Waals surface area contributed by atoms with Gasteiger partial charge in [0.25, 0.3) is 5.91 Å². The van der Waals surface area contributed by atoms with Crippen LogP contribution < -0.4 is 10.6 Å². The van der Waals surface area contributed by atoms with Crippen molar-refractivity contribution in [1.29, 1.82) is 0 Å². The molecule has 0 bridgehead atoms. The smallest absolute Gasteiger partial charge is 0.255 e. The molecule has 0 saturated heterocycles. The summed E-state index contributed by atoms with van der Waals surface area (Å²) in [4.78, 5) is 13.6. The molecule has 5 heteroatoms. The Kier molecular flexibility index (Phi) is 6.32. The van der Waals surface area contributed by atoms with Gasteiger partial charge in [0, 0.05) is 22.7 Å². The summed E-state index contributed by atoms with van der Waals surface area (Å²) in [5.41, 5.74) is 3.45. The number of hydrogen-bond acceptors (Lipinski definition) is 3. The van der Waals surface area contributed by atoms with Gasteiger partial charge in [-0.05, 0) is 59.0 Å². The van der Waals surface area contributed by atoms with Crippen molar-refractivity contribution < 1.29 is 9.18 Å². The van der Waals surface area contributed by atoms with Gasteiger partial charge >= 0.3 is 0 Å². The number of carbonyl (C=O) groups excluding carboxylic acids is 1. The Morgan fingerprint density at radius 3 is 2.27 bits per heavy atom. The summed E-state index contributed by atoms with van der Waals surface area (Å²) in [6, 6.07) is 27.6. The quantitative estimate of drug-likeness (QED) is 0.387. The number of amides is 1. The normalized spacial score (nSPS) is 11.8. The zero-order valence-corrected chi connectivity index (χ0v) is 17.0. The van der Waals surface area contributed by atoms with E-state index < -0.39 is 0 Å². The molecule has 4 aromatic rings. The van der Waals surface area contributed by atoms with Crippen molar-refractivity contribution in [3.63, 3.8) is 0 Å². The average molecular weight is 417 g/mol. The van der Waals surface area contributed by atoms with Crippen LogP contribution in [0.3, 0.4) is 0 Å². The van der Waals surface area contributed by atoms with Crippen LogP contribution in [0.2, 0.25) is 0 Å². The Morgan fingerprint density at radius 2 is 1.60 bits per heavy atom. The Morgan fingerprint density at radius 1 is 0.867 bits per heavy atom. The lowest BCUT2D eigenvalue weighted by Gasteiger charge is -2.18. The molecule has 1 amide bonds. The molecule has 30 heavy (non-hydrogen) atoms. The monoisotopic (exact) mass is 416 g/mol. The standard InChI is InChI=1S/C25H21FN2OS/c26-21-14-12-19(13-15-21)24(23-7-4-16-30-23)27-17-18-8-10-20(11-9-18)25(29)28-22-5-2-1-3-6-22/h1-16,24,27H,17H2,(H,28,29). The molecular weight excluding hydrogens is 395 g/mol. The van der Waals surface area contributed by atoms with Gasteiger partial charge in [0.2, 0.25) is 0 Å². The summed E-state index contributed by atoms with van der Waals surface area (Å²) in [5, 5.41) is 8.47. The highest BCUT2D eigenvalue weighted by Crippen LogP contribution is 2.26. The van der Waals surface area contributed by atoms with Gasteiger partial charge in [0.15, 0.2) is 0 Å². The number of thiophene rings is 1. The molecule has 3 nitrogen and oxygen atoms in total. The second-order valence-corrected chi connectivity index (χ2v) is 7.88. The third-order valence-electron chi connectivity index (χ3n) is 4.79. The van der Waals surface area contributed by atoms with Crippen LogP contribution >= 0.6 is 11.3 Å². The number of benzene rings is 3. The molecule has 0 fully saturated rings. The highest BCUT2D eigenvalue weighted by molar-refractivity contribution is 7.10. The van der Waals surface area contributed by atoms with Crippen LogP contribution in [-0.4, -0.2) is 5.91 Å². The summed E-state index contributed by atoms with van der Waals surface area (Å²) in [7, 11) is 0. The van der Waals surface area contributed by atoms with E-state index >= 15 is 0 Å². The predicted molar refractivity (Wildman–Crippen MR) is 120 cm³/mol. The molecule has 0 saturated carbocycles. The van der Waals surface area contributed by atoms with Crippen LogP contribution in [0, 0.1) is 5.82 Å². The molecule has 150 valence electrons. The second-order valence-electron chi connectivity index (χ2n) is 6.90. The molecule has 1 heterocycles. The van der Waals surface area contributed by atoms with Gasteiger partial charge < -0.3 is 10.6 Å². The summed E-state index contributed by atoms with van der Waals surface area (Å²) in [6.07, 6.45) is 0.